The third-order valence-corrected chi connectivity index (χ3v) is 4.81. The second-order valence-corrected chi connectivity index (χ2v) is 8.66. The van der Waals surface area contributed by atoms with E-state index in [1.165, 1.54) is 12.8 Å². The summed E-state index contributed by atoms with van der Waals surface area (Å²) in [5.74, 6) is 0.167. The Morgan fingerprint density at radius 1 is 1.03 bits per heavy atom. The Kier molecular flexibility index (Phi) is 8.45. The van der Waals surface area contributed by atoms with Gasteiger partial charge >= 0.3 is 6.09 Å². The van der Waals surface area contributed by atoms with E-state index in [-0.39, 0.29) is 24.8 Å². The topological polar surface area (TPSA) is 96.5 Å². The van der Waals surface area contributed by atoms with E-state index in [1.807, 2.05) is 6.92 Å². The molecule has 0 saturated heterocycles. The summed E-state index contributed by atoms with van der Waals surface area (Å²) >= 11 is 0. The lowest BCUT2D eigenvalue weighted by molar-refractivity contribution is -0.116. The van der Waals surface area contributed by atoms with E-state index >= 15 is 0 Å². The molecular weight excluding hydrogens is 382 g/mol. The van der Waals surface area contributed by atoms with Crippen molar-refractivity contribution in [2.45, 2.75) is 65.4 Å². The van der Waals surface area contributed by atoms with E-state index in [0.717, 1.165) is 18.4 Å². The van der Waals surface area contributed by atoms with Crippen molar-refractivity contribution in [1.29, 1.82) is 0 Å². The lowest BCUT2D eigenvalue weighted by Crippen LogP contribution is -2.34. The monoisotopic (exact) mass is 415 g/mol. The molecule has 164 valence electrons. The molecule has 0 heterocycles. The Morgan fingerprint density at radius 2 is 1.60 bits per heavy atom. The highest BCUT2D eigenvalue weighted by Crippen LogP contribution is 2.30. The molecule has 7 nitrogen and oxygen atoms in total. The Hall–Kier alpha value is -2.83. The third kappa shape index (κ3) is 8.68. The first-order chi connectivity index (χ1) is 14.1. The van der Waals surface area contributed by atoms with Crippen LogP contribution in [0.5, 0.6) is 0 Å². The summed E-state index contributed by atoms with van der Waals surface area (Å²) in [6, 6.07) is 6.93. The number of alkyl carbamates (subject to hydrolysis) is 1. The molecule has 3 N–H and O–H groups in total. The number of hydrogen-bond acceptors (Lipinski definition) is 4. The molecule has 7 heteroatoms. The van der Waals surface area contributed by atoms with Gasteiger partial charge in [0.1, 0.15) is 5.60 Å². The van der Waals surface area contributed by atoms with E-state index in [0.29, 0.717) is 17.3 Å². The summed E-state index contributed by atoms with van der Waals surface area (Å²) in [5, 5.41) is 8.16. The number of carbonyl (C=O) groups is 3. The van der Waals surface area contributed by atoms with E-state index in [2.05, 4.69) is 16.0 Å². The molecule has 2 rings (SSSR count). The second kappa shape index (κ2) is 10.8. The van der Waals surface area contributed by atoms with Crippen molar-refractivity contribution in [3.05, 3.63) is 35.9 Å². The molecule has 0 radical (unpaired) electrons. The second-order valence-electron chi connectivity index (χ2n) is 8.66. The number of ether oxygens (including phenoxy) is 1. The Bertz CT molecular complexity index is 773. The zero-order valence-corrected chi connectivity index (χ0v) is 18.3. The largest absolute Gasteiger partial charge is 0.444 e. The van der Waals surface area contributed by atoms with Gasteiger partial charge in [-0.3, -0.25) is 9.59 Å². The molecule has 1 saturated carbocycles. The maximum atomic E-state index is 12.2. The number of nitrogens with one attached hydrogen (secondary N) is 3. The van der Waals surface area contributed by atoms with E-state index in [9.17, 15) is 14.4 Å². The number of hydrogen-bond donors (Lipinski definition) is 3. The molecular formula is C23H33N3O4. The lowest BCUT2D eigenvalue weighted by Gasteiger charge is -2.19. The van der Waals surface area contributed by atoms with Crippen LogP contribution in [-0.2, 0) is 14.3 Å². The van der Waals surface area contributed by atoms with Gasteiger partial charge in [-0.15, -0.1) is 0 Å². The summed E-state index contributed by atoms with van der Waals surface area (Å²) in [7, 11) is 0. The molecule has 0 unspecified atom stereocenters. The average molecular weight is 416 g/mol. The van der Waals surface area contributed by atoms with Crippen LogP contribution in [0.25, 0.3) is 0 Å². The van der Waals surface area contributed by atoms with Gasteiger partial charge in [0.25, 0.3) is 0 Å². The molecule has 0 bridgehead atoms. The van der Waals surface area contributed by atoms with Gasteiger partial charge in [-0.2, -0.15) is 0 Å². The van der Waals surface area contributed by atoms with Crippen molar-refractivity contribution in [3.8, 4) is 0 Å². The van der Waals surface area contributed by atoms with Crippen LogP contribution < -0.4 is 16.0 Å². The summed E-state index contributed by atoms with van der Waals surface area (Å²) in [6.45, 7) is 7.53. The van der Waals surface area contributed by atoms with Crippen molar-refractivity contribution in [1.82, 2.24) is 5.32 Å². The molecule has 1 aromatic rings. The SMILES string of the molecule is C/C(=C\C(=O)Nc1ccc(NC(=O)CCNC(=O)OC(C)(C)C)cc1)C1CCCC1. The summed E-state index contributed by atoms with van der Waals surface area (Å²) in [4.78, 5) is 35.8. The smallest absolute Gasteiger partial charge is 0.407 e. The molecule has 1 aliphatic carbocycles. The number of allylic oxidation sites excluding steroid dienone is 1. The zero-order valence-electron chi connectivity index (χ0n) is 18.3. The number of carbonyl (C=O) groups excluding carboxylic acids is 3. The van der Waals surface area contributed by atoms with Crippen LogP contribution in [0.1, 0.15) is 59.8 Å². The van der Waals surface area contributed by atoms with Crippen LogP contribution in [0.4, 0.5) is 16.2 Å². The zero-order chi connectivity index (χ0) is 22.1. The average Bonchev–Trinajstić information content (AvgIpc) is 3.16. The summed E-state index contributed by atoms with van der Waals surface area (Å²) in [6.07, 6.45) is 6.07. The van der Waals surface area contributed by atoms with Crippen LogP contribution in [0.3, 0.4) is 0 Å². The van der Waals surface area contributed by atoms with Crippen molar-refractivity contribution >= 4 is 29.3 Å². The van der Waals surface area contributed by atoms with Gasteiger partial charge in [0.05, 0.1) is 0 Å². The highest BCUT2D eigenvalue weighted by Gasteiger charge is 2.17. The van der Waals surface area contributed by atoms with Gasteiger partial charge in [-0.05, 0) is 70.7 Å². The molecule has 30 heavy (non-hydrogen) atoms. The molecule has 3 amide bonds. The molecule has 1 fully saturated rings. The van der Waals surface area contributed by atoms with Crippen LogP contribution in [0.2, 0.25) is 0 Å². The maximum Gasteiger partial charge on any atom is 0.407 e. The van der Waals surface area contributed by atoms with Crippen LogP contribution in [0, 0.1) is 5.92 Å². The molecule has 0 spiro atoms. The fourth-order valence-electron chi connectivity index (χ4n) is 3.34. The Labute approximate surface area is 178 Å². The van der Waals surface area contributed by atoms with Crippen molar-refractivity contribution < 1.29 is 19.1 Å². The van der Waals surface area contributed by atoms with Crippen molar-refractivity contribution in [3.63, 3.8) is 0 Å². The number of rotatable bonds is 7. The Balaban J connectivity index is 1.74. The molecule has 1 aromatic carbocycles. The minimum Gasteiger partial charge on any atom is -0.444 e. The fourth-order valence-corrected chi connectivity index (χ4v) is 3.34. The number of amides is 3. The first-order valence-corrected chi connectivity index (χ1v) is 10.5. The van der Waals surface area contributed by atoms with E-state index in [4.69, 9.17) is 4.74 Å². The molecule has 0 aromatic heterocycles. The third-order valence-electron chi connectivity index (χ3n) is 4.81. The number of anilines is 2. The first-order valence-electron chi connectivity index (χ1n) is 10.5. The van der Waals surface area contributed by atoms with Gasteiger partial charge in [0.2, 0.25) is 11.8 Å². The summed E-state index contributed by atoms with van der Waals surface area (Å²) in [5.41, 5.74) is 1.84. The normalized spacial score (nSPS) is 14.9. The van der Waals surface area contributed by atoms with Crippen LogP contribution in [0.15, 0.2) is 35.9 Å². The molecule has 0 atom stereocenters. The molecule has 0 aliphatic heterocycles. The molecule has 1 aliphatic rings. The van der Waals surface area contributed by atoms with Gasteiger partial charge < -0.3 is 20.7 Å². The maximum absolute atomic E-state index is 12.2. The first kappa shape index (κ1) is 23.4. The van der Waals surface area contributed by atoms with Crippen molar-refractivity contribution in [2.75, 3.05) is 17.2 Å². The fraction of sp³-hybridized carbons (Fsp3) is 0.522. The highest BCUT2D eigenvalue weighted by atomic mass is 16.6. The summed E-state index contributed by atoms with van der Waals surface area (Å²) < 4.78 is 5.12. The number of benzene rings is 1. The predicted molar refractivity (Wildman–Crippen MR) is 118 cm³/mol. The quantitative estimate of drug-likeness (QED) is 0.566. The van der Waals surface area contributed by atoms with E-state index < -0.39 is 11.7 Å². The van der Waals surface area contributed by atoms with Gasteiger partial charge in [-0.1, -0.05) is 18.4 Å². The van der Waals surface area contributed by atoms with E-state index in [1.54, 1.807) is 51.1 Å². The predicted octanol–water partition coefficient (Wildman–Crippen LogP) is 4.61. The van der Waals surface area contributed by atoms with Gasteiger partial charge in [0.15, 0.2) is 0 Å². The van der Waals surface area contributed by atoms with Crippen LogP contribution >= 0.6 is 0 Å². The lowest BCUT2D eigenvalue weighted by atomic mass is 9.99. The van der Waals surface area contributed by atoms with Crippen LogP contribution in [-0.4, -0.2) is 30.1 Å². The van der Waals surface area contributed by atoms with Crippen molar-refractivity contribution in [2.24, 2.45) is 5.92 Å². The minimum absolute atomic E-state index is 0.128. The standard InChI is InChI=1S/C23H33N3O4/c1-16(17-7-5-6-8-17)15-21(28)26-19-11-9-18(10-12-19)25-20(27)13-14-24-22(29)30-23(2,3)4/h9-12,15,17H,5-8,13-14H2,1-4H3,(H,24,29)(H,25,27)(H,26,28)/b16-15+. The minimum atomic E-state index is -0.575. The van der Waals surface area contributed by atoms with Gasteiger partial charge in [0, 0.05) is 30.4 Å². The van der Waals surface area contributed by atoms with Gasteiger partial charge in [-0.25, -0.2) is 4.79 Å². The Morgan fingerprint density at radius 3 is 2.17 bits per heavy atom. The highest BCUT2D eigenvalue weighted by molar-refractivity contribution is 6.00.